The molecule has 0 amide bonds. The molecule has 0 aliphatic rings. The second kappa shape index (κ2) is 7.78. The minimum absolute atomic E-state index is 0.567. The summed E-state index contributed by atoms with van der Waals surface area (Å²) in [7, 11) is 1.67. The van der Waals surface area contributed by atoms with E-state index in [1.807, 2.05) is 31.2 Å². The lowest BCUT2D eigenvalue weighted by molar-refractivity contribution is 0.184. The van der Waals surface area contributed by atoms with E-state index in [2.05, 4.69) is 6.07 Å². The maximum atomic E-state index is 8.97. The SMILES string of the molecule is CCC(N)(C#N)CCCOc1cccc(COC)c1. The van der Waals surface area contributed by atoms with Crippen LogP contribution in [0.5, 0.6) is 5.75 Å². The van der Waals surface area contributed by atoms with Crippen molar-refractivity contribution >= 4 is 0 Å². The van der Waals surface area contributed by atoms with Gasteiger partial charge in [-0.15, -0.1) is 0 Å². The Morgan fingerprint density at radius 3 is 2.84 bits per heavy atom. The van der Waals surface area contributed by atoms with Gasteiger partial charge in [0, 0.05) is 7.11 Å². The van der Waals surface area contributed by atoms with Gasteiger partial charge in [0.05, 0.1) is 19.3 Å². The van der Waals surface area contributed by atoms with Gasteiger partial charge in [0.25, 0.3) is 0 Å². The zero-order valence-electron chi connectivity index (χ0n) is 11.7. The van der Waals surface area contributed by atoms with Gasteiger partial charge < -0.3 is 15.2 Å². The zero-order valence-corrected chi connectivity index (χ0v) is 11.7. The fraction of sp³-hybridized carbons (Fsp3) is 0.533. The van der Waals surface area contributed by atoms with Crippen LogP contribution in [0.25, 0.3) is 0 Å². The zero-order chi connectivity index (χ0) is 14.1. The summed E-state index contributed by atoms with van der Waals surface area (Å²) in [6.45, 7) is 3.07. The first kappa shape index (κ1) is 15.5. The normalized spacial score (nSPS) is 13.6. The lowest BCUT2D eigenvalue weighted by Gasteiger charge is -2.19. The van der Waals surface area contributed by atoms with Crippen molar-refractivity contribution in [2.75, 3.05) is 13.7 Å². The van der Waals surface area contributed by atoms with Gasteiger partial charge >= 0.3 is 0 Å². The lowest BCUT2D eigenvalue weighted by Crippen LogP contribution is -2.37. The molecule has 0 saturated heterocycles. The monoisotopic (exact) mass is 262 g/mol. The minimum Gasteiger partial charge on any atom is -0.494 e. The summed E-state index contributed by atoms with van der Waals surface area (Å²) < 4.78 is 10.7. The number of nitrogens with zero attached hydrogens (tertiary/aromatic N) is 1. The van der Waals surface area contributed by atoms with Crippen molar-refractivity contribution in [2.45, 2.75) is 38.3 Å². The van der Waals surface area contributed by atoms with Gasteiger partial charge in [0.2, 0.25) is 0 Å². The van der Waals surface area contributed by atoms with Crippen molar-refractivity contribution in [3.05, 3.63) is 29.8 Å². The molecule has 1 aromatic rings. The van der Waals surface area contributed by atoms with E-state index in [9.17, 15) is 0 Å². The molecule has 4 nitrogen and oxygen atoms in total. The Morgan fingerprint density at radius 1 is 1.42 bits per heavy atom. The summed E-state index contributed by atoms with van der Waals surface area (Å²) in [6.07, 6.45) is 2.08. The predicted octanol–water partition coefficient (Wildman–Crippen LogP) is 2.62. The van der Waals surface area contributed by atoms with Crippen LogP contribution in [0, 0.1) is 11.3 Å². The Morgan fingerprint density at radius 2 is 2.21 bits per heavy atom. The lowest BCUT2D eigenvalue weighted by atomic mass is 9.94. The van der Waals surface area contributed by atoms with Crippen molar-refractivity contribution in [3.63, 3.8) is 0 Å². The van der Waals surface area contributed by atoms with Gasteiger partial charge in [-0.3, -0.25) is 0 Å². The molecule has 0 spiro atoms. The first-order chi connectivity index (χ1) is 9.13. The molecule has 1 rings (SSSR count). The van der Waals surface area contributed by atoms with Gasteiger partial charge in [-0.25, -0.2) is 0 Å². The van der Waals surface area contributed by atoms with Crippen LogP contribution >= 0.6 is 0 Å². The number of methoxy groups -OCH3 is 1. The Hall–Kier alpha value is -1.57. The number of nitriles is 1. The molecule has 0 aliphatic carbocycles. The molecule has 0 aliphatic heterocycles. The number of benzene rings is 1. The van der Waals surface area contributed by atoms with Crippen molar-refractivity contribution in [1.82, 2.24) is 0 Å². The van der Waals surface area contributed by atoms with Gasteiger partial charge in [-0.1, -0.05) is 19.1 Å². The maximum Gasteiger partial charge on any atom is 0.119 e. The number of hydrogen-bond acceptors (Lipinski definition) is 4. The van der Waals surface area contributed by atoms with Crippen molar-refractivity contribution in [1.29, 1.82) is 5.26 Å². The third-order valence-corrected chi connectivity index (χ3v) is 3.10. The van der Waals surface area contributed by atoms with Gasteiger partial charge in [0.15, 0.2) is 0 Å². The quantitative estimate of drug-likeness (QED) is 0.731. The average molecular weight is 262 g/mol. The average Bonchev–Trinajstić information content (AvgIpc) is 2.44. The summed E-state index contributed by atoms with van der Waals surface area (Å²) in [4.78, 5) is 0. The summed E-state index contributed by atoms with van der Waals surface area (Å²) in [5, 5.41) is 8.97. The Bertz CT molecular complexity index is 428. The van der Waals surface area contributed by atoms with E-state index in [0.717, 1.165) is 17.7 Å². The molecule has 0 fully saturated rings. The standard InChI is InChI=1S/C15H22N2O2/c1-3-15(17,12-16)8-5-9-19-14-7-4-6-13(10-14)11-18-2/h4,6-7,10H,3,5,8-9,11,17H2,1-2H3. The number of nitrogens with two attached hydrogens (primary N) is 1. The third kappa shape index (κ3) is 5.29. The summed E-state index contributed by atoms with van der Waals surface area (Å²) >= 11 is 0. The van der Waals surface area contributed by atoms with E-state index in [0.29, 0.717) is 26.1 Å². The highest BCUT2D eigenvalue weighted by Gasteiger charge is 2.20. The second-order valence-corrected chi connectivity index (χ2v) is 4.65. The fourth-order valence-electron chi connectivity index (χ4n) is 1.78. The first-order valence-corrected chi connectivity index (χ1v) is 6.54. The molecule has 0 saturated carbocycles. The van der Waals surface area contributed by atoms with E-state index in [1.165, 1.54) is 0 Å². The second-order valence-electron chi connectivity index (χ2n) is 4.65. The highest BCUT2D eigenvalue weighted by Crippen LogP contribution is 2.16. The molecule has 0 radical (unpaired) electrons. The topological polar surface area (TPSA) is 68.3 Å². The van der Waals surface area contributed by atoms with Crippen LogP contribution in [-0.2, 0) is 11.3 Å². The molecule has 1 aromatic carbocycles. The summed E-state index contributed by atoms with van der Waals surface area (Å²) in [6, 6.07) is 9.97. The number of hydrogen-bond donors (Lipinski definition) is 1. The summed E-state index contributed by atoms with van der Waals surface area (Å²) in [5.74, 6) is 0.825. The Balaban J connectivity index is 2.37. The molecule has 1 unspecified atom stereocenters. The van der Waals surface area contributed by atoms with Crippen LogP contribution < -0.4 is 10.5 Å². The van der Waals surface area contributed by atoms with Gasteiger partial charge in [-0.2, -0.15) is 5.26 Å². The molecule has 104 valence electrons. The van der Waals surface area contributed by atoms with Gasteiger partial charge in [0.1, 0.15) is 11.3 Å². The van der Waals surface area contributed by atoms with Gasteiger partial charge in [-0.05, 0) is 37.0 Å². The molecule has 2 N–H and O–H groups in total. The van der Waals surface area contributed by atoms with Crippen LogP contribution in [0.3, 0.4) is 0 Å². The highest BCUT2D eigenvalue weighted by molar-refractivity contribution is 5.28. The van der Waals surface area contributed by atoms with E-state index >= 15 is 0 Å². The first-order valence-electron chi connectivity index (χ1n) is 6.54. The minimum atomic E-state index is -0.721. The van der Waals surface area contributed by atoms with E-state index < -0.39 is 5.54 Å². The largest absolute Gasteiger partial charge is 0.494 e. The van der Waals surface area contributed by atoms with Crippen LogP contribution in [0.15, 0.2) is 24.3 Å². The maximum absolute atomic E-state index is 8.97. The third-order valence-electron chi connectivity index (χ3n) is 3.10. The molecule has 0 aromatic heterocycles. The number of rotatable bonds is 8. The molecular formula is C15H22N2O2. The van der Waals surface area contributed by atoms with Crippen molar-refractivity contribution in [2.24, 2.45) is 5.73 Å². The van der Waals surface area contributed by atoms with Crippen LogP contribution in [0.2, 0.25) is 0 Å². The number of ether oxygens (including phenoxy) is 2. The molecule has 19 heavy (non-hydrogen) atoms. The van der Waals surface area contributed by atoms with Crippen molar-refractivity contribution < 1.29 is 9.47 Å². The fourth-order valence-corrected chi connectivity index (χ4v) is 1.78. The molecule has 1 atom stereocenters. The smallest absolute Gasteiger partial charge is 0.119 e. The van der Waals surface area contributed by atoms with E-state index in [-0.39, 0.29) is 0 Å². The van der Waals surface area contributed by atoms with Crippen molar-refractivity contribution in [3.8, 4) is 11.8 Å². The molecule has 4 heteroatoms. The van der Waals surface area contributed by atoms with Crippen LogP contribution in [0.1, 0.15) is 31.7 Å². The predicted molar refractivity (Wildman–Crippen MR) is 74.7 cm³/mol. The van der Waals surface area contributed by atoms with Crippen LogP contribution in [0.4, 0.5) is 0 Å². The van der Waals surface area contributed by atoms with Crippen LogP contribution in [-0.4, -0.2) is 19.3 Å². The molecular weight excluding hydrogens is 240 g/mol. The molecule has 0 bridgehead atoms. The van der Waals surface area contributed by atoms with E-state index in [1.54, 1.807) is 7.11 Å². The Kier molecular flexibility index (Phi) is 6.34. The molecule has 0 heterocycles. The Labute approximate surface area is 115 Å². The highest BCUT2D eigenvalue weighted by atomic mass is 16.5. The van der Waals surface area contributed by atoms with E-state index in [4.69, 9.17) is 20.5 Å². The summed E-state index contributed by atoms with van der Waals surface area (Å²) in [5.41, 5.74) is 6.27.